The molecule has 2 atom stereocenters. The number of fused-ring (bicyclic) bond motifs is 2. The molecule has 30 heavy (non-hydrogen) atoms. The van der Waals surface area contributed by atoms with Crippen molar-refractivity contribution in [3.63, 3.8) is 0 Å². The second-order valence-corrected chi connectivity index (χ2v) is 7.90. The molecule has 0 bridgehead atoms. The van der Waals surface area contributed by atoms with Crippen LogP contribution in [0.1, 0.15) is 33.9 Å². The molecule has 0 aliphatic carbocycles. The van der Waals surface area contributed by atoms with E-state index in [1.165, 1.54) is 10.6 Å². The largest absolute Gasteiger partial charge is 0.330 e. The molecule has 2 amide bonds. The number of carbonyl (C=O) groups is 2. The molecule has 6 nitrogen and oxygen atoms in total. The second kappa shape index (κ2) is 6.69. The van der Waals surface area contributed by atoms with Gasteiger partial charge in [-0.25, -0.2) is 0 Å². The maximum absolute atomic E-state index is 13.5. The Morgan fingerprint density at radius 2 is 1.73 bits per heavy atom. The number of likely N-dealkylation sites (tertiary alicyclic amines) is 1. The van der Waals surface area contributed by atoms with E-state index in [4.69, 9.17) is 0 Å². The number of benzene rings is 2. The molecule has 1 saturated heterocycles. The number of nitrogens with one attached hydrogen (secondary N) is 1. The monoisotopic (exact) mass is 399 g/mol. The molecule has 1 aromatic heterocycles. The van der Waals surface area contributed by atoms with Crippen LogP contribution in [0.2, 0.25) is 0 Å². The van der Waals surface area contributed by atoms with Gasteiger partial charge in [-0.1, -0.05) is 48.5 Å². The zero-order valence-electron chi connectivity index (χ0n) is 16.5. The summed E-state index contributed by atoms with van der Waals surface area (Å²) in [6, 6.07) is 19.9. The van der Waals surface area contributed by atoms with Gasteiger partial charge < -0.3 is 14.8 Å². The minimum absolute atomic E-state index is 0.0756. The summed E-state index contributed by atoms with van der Waals surface area (Å²) < 4.78 is 1.40. The number of hydrogen-bond acceptors (Lipinski definition) is 3. The molecule has 0 radical (unpaired) electrons. The maximum atomic E-state index is 13.5. The predicted octanol–water partition coefficient (Wildman–Crippen LogP) is 2.86. The Hall–Kier alpha value is -3.67. The van der Waals surface area contributed by atoms with Gasteiger partial charge in [0.1, 0.15) is 5.41 Å². The van der Waals surface area contributed by atoms with Gasteiger partial charge in [-0.15, -0.1) is 0 Å². The molecule has 1 spiro atoms. The van der Waals surface area contributed by atoms with E-state index in [1.807, 2.05) is 54.6 Å². The highest BCUT2D eigenvalue weighted by atomic mass is 16.2. The Bertz CT molecular complexity index is 1220. The summed E-state index contributed by atoms with van der Waals surface area (Å²) in [6.45, 7) is 0.447. The maximum Gasteiger partial charge on any atom is 0.255 e. The molecular formula is C24H21N3O3. The van der Waals surface area contributed by atoms with Crippen LogP contribution in [0.5, 0.6) is 0 Å². The Morgan fingerprint density at radius 1 is 1.00 bits per heavy atom. The molecule has 1 N–H and O–H groups in total. The Kier molecular flexibility index (Phi) is 4.10. The van der Waals surface area contributed by atoms with Gasteiger partial charge in [0.2, 0.25) is 11.5 Å². The first-order valence-electron chi connectivity index (χ1n) is 9.96. The molecule has 3 aromatic rings. The average Bonchev–Trinajstić information content (AvgIpc) is 3.30. The average molecular weight is 399 g/mol. The summed E-state index contributed by atoms with van der Waals surface area (Å²) in [5.74, 6) is -0.262. The number of anilines is 1. The van der Waals surface area contributed by atoms with E-state index < -0.39 is 11.5 Å². The van der Waals surface area contributed by atoms with Gasteiger partial charge in [-0.3, -0.25) is 14.4 Å². The van der Waals surface area contributed by atoms with E-state index >= 15 is 0 Å². The number of nitrogens with zero attached hydrogens (tertiary/aromatic N) is 2. The summed E-state index contributed by atoms with van der Waals surface area (Å²) in [7, 11) is 1.62. The van der Waals surface area contributed by atoms with Gasteiger partial charge in [0.15, 0.2) is 0 Å². The van der Waals surface area contributed by atoms with Crippen molar-refractivity contribution >= 4 is 17.5 Å². The first-order chi connectivity index (χ1) is 14.5. The highest BCUT2D eigenvalue weighted by Crippen LogP contribution is 2.54. The van der Waals surface area contributed by atoms with Crippen LogP contribution < -0.4 is 10.9 Å². The number of rotatable bonds is 2. The topological polar surface area (TPSA) is 71.4 Å². The number of aromatic nitrogens is 1. The number of para-hydroxylation sites is 1. The number of aryl methyl sites for hydroxylation is 1. The van der Waals surface area contributed by atoms with Crippen LogP contribution in [-0.4, -0.2) is 27.8 Å². The van der Waals surface area contributed by atoms with E-state index in [9.17, 15) is 14.4 Å². The number of carbonyl (C=O) groups excluding carboxylic acids is 2. The van der Waals surface area contributed by atoms with Crippen LogP contribution in [0, 0.1) is 0 Å². The molecular weight excluding hydrogens is 378 g/mol. The first kappa shape index (κ1) is 18.4. The third kappa shape index (κ3) is 2.53. The smallest absolute Gasteiger partial charge is 0.255 e. The summed E-state index contributed by atoms with van der Waals surface area (Å²) >= 11 is 0. The van der Waals surface area contributed by atoms with Crippen LogP contribution in [0.15, 0.2) is 77.7 Å². The molecule has 2 aliphatic heterocycles. The zero-order chi connectivity index (χ0) is 20.9. The highest BCUT2D eigenvalue weighted by molar-refractivity contribution is 6.08. The van der Waals surface area contributed by atoms with Gasteiger partial charge in [-0.05, 0) is 29.7 Å². The summed E-state index contributed by atoms with van der Waals surface area (Å²) in [5.41, 5.74) is 2.07. The Morgan fingerprint density at radius 3 is 2.50 bits per heavy atom. The lowest BCUT2D eigenvalue weighted by Gasteiger charge is -2.34. The lowest BCUT2D eigenvalue weighted by Crippen LogP contribution is -2.42. The lowest BCUT2D eigenvalue weighted by atomic mass is 9.72. The van der Waals surface area contributed by atoms with Crippen LogP contribution in [0.25, 0.3) is 0 Å². The van der Waals surface area contributed by atoms with Gasteiger partial charge in [0.25, 0.3) is 5.91 Å². The predicted molar refractivity (Wildman–Crippen MR) is 113 cm³/mol. The van der Waals surface area contributed by atoms with Gasteiger partial charge in [-0.2, -0.15) is 0 Å². The molecule has 0 saturated carbocycles. The van der Waals surface area contributed by atoms with E-state index in [1.54, 1.807) is 24.2 Å². The van der Waals surface area contributed by atoms with Crippen molar-refractivity contribution in [2.75, 3.05) is 11.9 Å². The van der Waals surface area contributed by atoms with Crippen molar-refractivity contribution in [1.29, 1.82) is 0 Å². The van der Waals surface area contributed by atoms with E-state index in [0.29, 0.717) is 18.5 Å². The molecule has 6 heteroatoms. The van der Waals surface area contributed by atoms with Crippen molar-refractivity contribution in [1.82, 2.24) is 9.47 Å². The fourth-order valence-electron chi connectivity index (χ4n) is 4.89. The normalized spacial score (nSPS) is 22.2. The molecule has 5 rings (SSSR count). The SMILES string of the molecule is Cn1cc(C(=O)N2CC[C@]3(C(=O)Nc4ccccc43)[C@@H]2c2ccccc2)ccc1=O. The van der Waals surface area contributed by atoms with E-state index in [2.05, 4.69) is 5.32 Å². The summed E-state index contributed by atoms with van der Waals surface area (Å²) in [4.78, 5) is 40.4. The molecule has 1 fully saturated rings. The molecule has 2 aliphatic rings. The Labute approximate surface area is 173 Å². The van der Waals surface area contributed by atoms with Gasteiger partial charge in [0.05, 0.1) is 11.6 Å². The quantitative estimate of drug-likeness (QED) is 0.720. The van der Waals surface area contributed by atoms with Crippen molar-refractivity contribution in [2.24, 2.45) is 7.05 Å². The minimum atomic E-state index is -0.839. The zero-order valence-corrected chi connectivity index (χ0v) is 16.5. The molecule has 2 aromatic carbocycles. The molecule has 0 unspecified atom stereocenters. The fraction of sp³-hybridized carbons (Fsp3) is 0.208. The van der Waals surface area contributed by atoms with Gasteiger partial charge >= 0.3 is 0 Å². The first-order valence-corrected chi connectivity index (χ1v) is 9.96. The number of hydrogen-bond donors (Lipinski definition) is 1. The third-order valence-electron chi connectivity index (χ3n) is 6.30. The fourth-order valence-corrected chi connectivity index (χ4v) is 4.89. The van der Waals surface area contributed by atoms with Crippen LogP contribution >= 0.6 is 0 Å². The number of amides is 2. The van der Waals surface area contributed by atoms with Crippen LogP contribution in [0.3, 0.4) is 0 Å². The highest BCUT2D eigenvalue weighted by Gasteiger charge is 2.59. The molecule has 3 heterocycles. The second-order valence-electron chi connectivity index (χ2n) is 7.90. The summed E-state index contributed by atoms with van der Waals surface area (Å²) in [6.07, 6.45) is 2.09. The standard InChI is InChI=1S/C24H21N3O3/c1-26-15-17(11-12-20(26)28)22(29)27-14-13-24(21(27)16-7-3-2-4-8-16)18-9-5-6-10-19(18)25-23(24)30/h2-12,15,21H,13-14H2,1H3,(H,25,30)/t21-,24+/m0/s1. The third-order valence-corrected chi connectivity index (χ3v) is 6.30. The van der Waals surface area contributed by atoms with Crippen molar-refractivity contribution in [3.8, 4) is 0 Å². The van der Waals surface area contributed by atoms with Crippen LogP contribution in [0.4, 0.5) is 5.69 Å². The molecule has 150 valence electrons. The van der Waals surface area contributed by atoms with E-state index in [-0.39, 0.29) is 17.4 Å². The number of pyridine rings is 1. The Balaban J connectivity index is 1.66. The van der Waals surface area contributed by atoms with Crippen molar-refractivity contribution < 1.29 is 9.59 Å². The van der Waals surface area contributed by atoms with Gasteiger partial charge in [0, 0.05) is 31.5 Å². The summed E-state index contributed by atoms with van der Waals surface area (Å²) in [5, 5.41) is 3.02. The van der Waals surface area contributed by atoms with E-state index in [0.717, 1.165) is 16.8 Å². The minimum Gasteiger partial charge on any atom is -0.330 e. The lowest BCUT2D eigenvalue weighted by molar-refractivity contribution is -0.121. The van der Waals surface area contributed by atoms with Crippen molar-refractivity contribution in [3.05, 3.63) is 100.0 Å². The van der Waals surface area contributed by atoms with Crippen molar-refractivity contribution in [2.45, 2.75) is 17.9 Å². The van der Waals surface area contributed by atoms with Crippen LogP contribution in [-0.2, 0) is 17.3 Å².